The summed E-state index contributed by atoms with van der Waals surface area (Å²) in [5.41, 5.74) is 0. The van der Waals surface area contributed by atoms with Gasteiger partial charge in [0.25, 0.3) is 0 Å². The molecular weight excluding hydrogens is 218 g/mol. The summed E-state index contributed by atoms with van der Waals surface area (Å²) in [5, 5.41) is 10.8. The lowest BCUT2D eigenvalue weighted by Gasteiger charge is -2.06. The number of rotatable bonds is 1. The van der Waals surface area contributed by atoms with Crippen molar-refractivity contribution < 1.29 is 0 Å². The molecule has 1 unspecified atom stereocenters. The summed E-state index contributed by atoms with van der Waals surface area (Å²) < 4.78 is 2.30. The minimum absolute atomic E-state index is 0.804. The van der Waals surface area contributed by atoms with Gasteiger partial charge in [0.2, 0.25) is 0 Å². The number of fused-ring (bicyclic) bond motifs is 1. The molecular formula is C12H15N3S. The van der Waals surface area contributed by atoms with Gasteiger partial charge in [0.1, 0.15) is 5.82 Å². The summed E-state index contributed by atoms with van der Waals surface area (Å²) in [5.74, 6) is 3.02. The van der Waals surface area contributed by atoms with E-state index in [-0.39, 0.29) is 0 Å². The normalized spacial score (nSPS) is 20.4. The Labute approximate surface area is 99.1 Å². The first-order valence-electron chi connectivity index (χ1n) is 5.80. The van der Waals surface area contributed by atoms with Gasteiger partial charge in [0, 0.05) is 13.0 Å². The van der Waals surface area contributed by atoms with Crippen molar-refractivity contribution in [1.82, 2.24) is 14.8 Å². The monoisotopic (exact) mass is 233 g/mol. The van der Waals surface area contributed by atoms with E-state index >= 15 is 0 Å². The third kappa shape index (κ3) is 1.67. The van der Waals surface area contributed by atoms with Gasteiger partial charge in [-0.3, -0.25) is 0 Å². The highest BCUT2D eigenvalue weighted by Crippen LogP contribution is 2.27. The third-order valence-electron chi connectivity index (χ3n) is 3.28. The highest BCUT2D eigenvalue weighted by Gasteiger charge is 2.18. The second kappa shape index (κ2) is 4.01. The van der Waals surface area contributed by atoms with Crippen molar-refractivity contribution in [2.45, 2.75) is 32.7 Å². The van der Waals surface area contributed by atoms with Gasteiger partial charge in [0.05, 0.1) is 4.88 Å². The lowest BCUT2D eigenvalue weighted by molar-refractivity contribution is 0.486. The van der Waals surface area contributed by atoms with Crippen LogP contribution in [0, 0.1) is 5.92 Å². The molecule has 0 N–H and O–H groups in total. The van der Waals surface area contributed by atoms with Crippen LogP contribution in [0.4, 0.5) is 0 Å². The van der Waals surface area contributed by atoms with Crippen LogP contribution in [0.5, 0.6) is 0 Å². The molecule has 3 heterocycles. The Morgan fingerprint density at radius 3 is 3.12 bits per heavy atom. The van der Waals surface area contributed by atoms with E-state index in [1.165, 1.54) is 17.7 Å². The fourth-order valence-electron chi connectivity index (χ4n) is 2.21. The van der Waals surface area contributed by atoms with Crippen LogP contribution in [0.1, 0.15) is 25.6 Å². The molecule has 84 valence electrons. The molecule has 3 rings (SSSR count). The van der Waals surface area contributed by atoms with Gasteiger partial charge in [-0.2, -0.15) is 0 Å². The molecule has 2 aromatic rings. The molecule has 4 heteroatoms. The van der Waals surface area contributed by atoms with Crippen LogP contribution < -0.4 is 0 Å². The van der Waals surface area contributed by atoms with Crippen molar-refractivity contribution in [3.63, 3.8) is 0 Å². The van der Waals surface area contributed by atoms with Crippen LogP contribution in [0.2, 0.25) is 0 Å². The zero-order valence-corrected chi connectivity index (χ0v) is 10.2. The van der Waals surface area contributed by atoms with Crippen molar-refractivity contribution >= 4 is 11.3 Å². The maximum absolute atomic E-state index is 4.33. The Kier molecular flexibility index (Phi) is 2.52. The minimum atomic E-state index is 0.804. The molecule has 1 aliphatic rings. The van der Waals surface area contributed by atoms with E-state index in [0.29, 0.717) is 0 Å². The fraction of sp³-hybridized carbons (Fsp3) is 0.500. The summed E-state index contributed by atoms with van der Waals surface area (Å²) >= 11 is 1.74. The first-order chi connectivity index (χ1) is 7.84. The molecule has 0 amide bonds. The number of hydrogen-bond donors (Lipinski definition) is 0. The van der Waals surface area contributed by atoms with E-state index in [2.05, 4.69) is 39.2 Å². The smallest absolute Gasteiger partial charge is 0.174 e. The lowest BCUT2D eigenvalue weighted by Crippen LogP contribution is -2.02. The molecule has 0 bridgehead atoms. The molecule has 1 aliphatic heterocycles. The first-order valence-corrected chi connectivity index (χ1v) is 6.68. The van der Waals surface area contributed by atoms with Crippen molar-refractivity contribution in [3.8, 4) is 10.7 Å². The predicted molar refractivity (Wildman–Crippen MR) is 65.4 cm³/mol. The second-order valence-electron chi connectivity index (χ2n) is 4.50. The minimum Gasteiger partial charge on any atom is -0.310 e. The molecule has 0 fully saturated rings. The summed E-state index contributed by atoms with van der Waals surface area (Å²) in [6, 6.07) is 4.19. The number of nitrogens with zero attached hydrogens (tertiary/aromatic N) is 3. The van der Waals surface area contributed by atoms with Gasteiger partial charge in [-0.25, -0.2) is 0 Å². The largest absolute Gasteiger partial charge is 0.310 e. The van der Waals surface area contributed by atoms with E-state index in [4.69, 9.17) is 0 Å². The van der Waals surface area contributed by atoms with E-state index in [1.54, 1.807) is 11.3 Å². The molecule has 16 heavy (non-hydrogen) atoms. The van der Waals surface area contributed by atoms with Crippen LogP contribution in [-0.2, 0) is 13.0 Å². The Hall–Kier alpha value is -1.16. The molecule has 0 radical (unpaired) electrons. The zero-order chi connectivity index (χ0) is 11.0. The second-order valence-corrected chi connectivity index (χ2v) is 5.45. The highest BCUT2D eigenvalue weighted by atomic mass is 32.1. The van der Waals surface area contributed by atoms with Crippen molar-refractivity contribution in [1.29, 1.82) is 0 Å². The SMILES string of the molecule is CC1CCc2nnc(-c3cccs3)n2CC1. The third-order valence-corrected chi connectivity index (χ3v) is 4.14. The summed E-state index contributed by atoms with van der Waals surface area (Å²) in [6.07, 6.45) is 3.55. The maximum Gasteiger partial charge on any atom is 0.174 e. The average Bonchev–Trinajstić information content (AvgIpc) is 2.89. The van der Waals surface area contributed by atoms with Crippen LogP contribution in [0.15, 0.2) is 17.5 Å². The number of thiophene rings is 1. The van der Waals surface area contributed by atoms with Crippen molar-refractivity contribution in [2.75, 3.05) is 0 Å². The Balaban J connectivity index is 2.01. The molecule has 0 aromatic carbocycles. The van der Waals surface area contributed by atoms with E-state index in [9.17, 15) is 0 Å². The maximum atomic E-state index is 4.33. The summed E-state index contributed by atoms with van der Waals surface area (Å²) in [7, 11) is 0. The molecule has 3 nitrogen and oxygen atoms in total. The molecule has 2 aromatic heterocycles. The molecule has 0 saturated carbocycles. The van der Waals surface area contributed by atoms with Crippen LogP contribution in [-0.4, -0.2) is 14.8 Å². The molecule has 0 aliphatic carbocycles. The molecule has 0 saturated heterocycles. The summed E-state index contributed by atoms with van der Waals surface area (Å²) in [4.78, 5) is 1.23. The Morgan fingerprint density at radius 1 is 1.38 bits per heavy atom. The van der Waals surface area contributed by atoms with Crippen molar-refractivity contribution in [2.24, 2.45) is 5.92 Å². The number of aryl methyl sites for hydroxylation is 1. The standard InChI is InChI=1S/C12H15N3S/c1-9-4-5-11-13-14-12(15(11)7-6-9)10-3-2-8-16-10/h2-3,8-9H,4-7H2,1H3. The average molecular weight is 233 g/mol. The number of hydrogen-bond acceptors (Lipinski definition) is 3. The fourth-order valence-corrected chi connectivity index (χ4v) is 2.93. The van der Waals surface area contributed by atoms with Gasteiger partial charge in [-0.05, 0) is 30.2 Å². The lowest BCUT2D eigenvalue weighted by atomic mass is 10.0. The van der Waals surface area contributed by atoms with Gasteiger partial charge < -0.3 is 4.57 Å². The summed E-state index contributed by atoms with van der Waals surface area (Å²) in [6.45, 7) is 3.39. The van der Waals surface area contributed by atoms with E-state index < -0.39 is 0 Å². The topological polar surface area (TPSA) is 30.7 Å². The van der Waals surface area contributed by atoms with Crippen LogP contribution in [0.25, 0.3) is 10.7 Å². The Morgan fingerprint density at radius 2 is 2.31 bits per heavy atom. The van der Waals surface area contributed by atoms with E-state index in [1.807, 2.05) is 0 Å². The van der Waals surface area contributed by atoms with Crippen molar-refractivity contribution in [3.05, 3.63) is 23.3 Å². The van der Waals surface area contributed by atoms with Gasteiger partial charge in [-0.1, -0.05) is 13.0 Å². The van der Waals surface area contributed by atoms with Crippen LogP contribution in [0.3, 0.4) is 0 Å². The highest BCUT2D eigenvalue weighted by molar-refractivity contribution is 7.13. The van der Waals surface area contributed by atoms with Gasteiger partial charge in [0.15, 0.2) is 5.82 Å². The first kappa shape index (κ1) is 10.0. The van der Waals surface area contributed by atoms with Gasteiger partial charge in [-0.15, -0.1) is 21.5 Å². The Bertz CT molecular complexity index is 472. The predicted octanol–water partition coefficient (Wildman–Crippen LogP) is 2.98. The van der Waals surface area contributed by atoms with Gasteiger partial charge >= 0.3 is 0 Å². The molecule has 1 atom stereocenters. The van der Waals surface area contributed by atoms with Crippen LogP contribution >= 0.6 is 11.3 Å². The quantitative estimate of drug-likeness (QED) is 0.758. The number of aromatic nitrogens is 3. The molecule has 0 spiro atoms. The van der Waals surface area contributed by atoms with E-state index in [0.717, 1.165) is 30.5 Å². The zero-order valence-electron chi connectivity index (χ0n) is 9.39.